The second-order valence-corrected chi connectivity index (χ2v) is 10.1. The molecule has 6 nitrogen and oxygen atoms in total. The highest BCUT2D eigenvalue weighted by Crippen LogP contribution is 2.41. The van der Waals surface area contributed by atoms with Crippen molar-refractivity contribution in [3.05, 3.63) is 59.7 Å². The van der Waals surface area contributed by atoms with Gasteiger partial charge in [-0.3, -0.25) is 0 Å². The third-order valence-electron chi connectivity index (χ3n) is 7.01. The van der Waals surface area contributed by atoms with E-state index in [-0.39, 0.29) is 11.6 Å². The van der Waals surface area contributed by atoms with Crippen LogP contribution in [0.25, 0.3) is 16.8 Å². The molecule has 4 heterocycles. The van der Waals surface area contributed by atoms with Gasteiger partial charge in [0.2, 0.25) is 5.95 Å². The molecule has 3 atom stereocenters. The summed E-state index contributed by atoms with van der Waals surface area (Å²) in [5.74, 6) is 0.368. The Labute approximate surface area is 202 Å². The Morgan fingerprint density at radius 3 is 2.49 bits per heavy atom. The maximum Gasteiger partial charge on any atom is 0.416 e. The number of nitrogens with one attached hydrogen (secondary N) is 1. The fraction of sp³-hybridized carbons (Fsp3) is 0.375. The molecule has 3 aromatic heterocycles. The number of alkyl halides is 3. The average Bonchev–Trinajstić information content (AvgIpc) is 3.48. The van der Waals surface area contributed by atoms with Gasteiger partial charge in [0.15, 0.2) is 5.65 Å². The van der Waals surface area contributed by atoms with Crippen LogP contribution in [0.1, 0.15) is 24.1 Å². The Balaban J connectivity index is 1.26. The maximum absolute atomic E-state index is 14.7. The molecule has 1 aliphatic heterocycles. The zero-order chi connectivity index (χ0) is 24.3. The lowest BCUT2D eigenvalue weighted by Gasteiger charge is -2.38. The van der Waals surface area contributed by atoms with Crippen LogP contribution < -0.4 is 10.2 Å². The van der Waals surface area contributed by atoms with Gasteiger partial charge in [-0.05, 0) is 73.5 Å². The lowest BCUT2D eigenvalue weighted by Crippen LogP contribution is -2.48. The van der Waals surface area contributed by atoms with Crippen molar-refractivity contribution in [1.29, 1.82) is 0 Å². The second-order valence-electron chi connectivity index (χ2n) is 9.30. The standard InChI is InChI=1S/C24H22F4N6S/c1-13-9-20(35-32-13)33-11-14-4-5-15(12-33)21(14)29-23-30-22-18(3-2-8-34(22)31-23)17-7-6-16(10-19(17)25)24(26,27)28/h2-3,6-10,14-15,21H,4-5,11-12H2,1H3,(H,29,31)/t14-,15+,21-. The van der Waals surface area contributed by atoms with Crippen LogP contribution in [-0.4, -0.2) is 38.1 Å². The van der Waals surface area contributed by atoms with Crippen molar-refractivity contribution >= 4 is 28.1 Å². The van der Waals surface area contributed by atoms with E-state index in [0.717, 1.165) is 43.8 Å². The van der Waals surface area contributed by atoms with Crippen LogP contribution in [0.3, 0.4) is 0 Å². The third kappa shape index (κ3) is 4.01. The zero-order valence-electron chi connectivity index (χ0n) is 18.8. The molecule has 2 fully saturated rings. The van der Waals surface area contributed by atoms with Crippen LogP contribution in [0, 0.1) is 24.6 Å². The van der Waals surface area contributed by atoms with Gasteiger partial charge in [-0.25, -0.2) is 8.91 Å². The number of aryl methyl sites for hydroxylation is 1. The molecule has 0 unspecified atom stereocenters. The number of hydrogen-bond donors (Lipinski definition) is 1. The van der Waals surface area contributed by atoms with Gasteiger partial charge >= 0.3 is 6.18 Å². The van der Waals surface area contributed by atoms with Gasteiger partial charge < -0.3 is 10.2 Å². The molecular formula is C24H22F4N6S. The minimum absolute atomic E-state index is 0.0516. The smallest absolute Gasteiger partial charge is 0.361 e. The number of rotatable bonds is 4. The first kappa shape index (κ1) is 22.3. The van der Waals surface area contributed by atoms with Crippen LogP contribution >= 0.6 is 11.5 Å². The Morgan fingerprint density at radius 1 is 1.06 bits per heavy atom. The highest BCUT2D eigenvalue weighted by atomic mass is 32.1. The first-order valence-electron chi connectivity index (χ1n) is 11.4. The van der Waals surface area contributed by atoms with Crippen molar-refractivity contribution in [2.75, 3.05) is 23.3 Å². The van der Waals surface area contributed by atoms with Crippen molar-refractivity contribution in [1.82, 2.24) is 19.0 Å². The number of halogens is 4. The molecule has 182 valence electrons. The molecule has 6 rings (SSSR count). The van der Waals surface area contributed by atoms with E-state index in [0.29, 0.717) is 35.1 Å². The van der Waals surface area contributed by atoms with E-state index in [9.17, 15) is 17.6 Å². The van der Waals surface area contributed by atoms with Gasteiger partial charge in [-0.2, -0.15) is 22.5 Å². The summed E-state index contributed by atoms with van der Waals surface area (Å²) in [6.07, 6.45) is -0.675. The van der Waals surface area contributed by atoms with E-state index in [4.69, 9.17) is 0 Å². The van der Waals surface area contributed by atoms with Crippen LogP contribution in [0.4, 0.5) is 28.5 Å². The van der Waals surface area contributed by atoms with E-state index < -0.39 is 17.6 Å². The SMILES string of the molecule is Cc1cc(N2C[C@H]3CC[C@@H](C2)[C@@H]3Nc2nc3c(-c4ccc(C(F)(F)F)cc4F)cccn3n2)sn1. The lowest BCUT2D eigenvalue weighted by atomic mass is 9.92. The molecule has 1 N–H and O–H groups in total. The van der Waals surface area contributed by atoms with Gasteiger partial charge in [-0.15, -0.1) is 5.10 Å². The normalized spacial score (nSPS) is 22.2. The molecule has 1 aliphatic carbocycles. The zero-order valence-corrected chi connectivity index (χ0v) is 19.6. The molecule has 11 heteroatoms. The summed E-state index contributed by atoms with van der Waals surface area (Å²) < 4.78 is 59.5. The van der Waals surface area contributed by atoms with Crippen LogP contribution in [-0.2, 0) is 6.18 Å². The number of fused-ring (bicyclic) bond motifs is 3. The van der Waals surface area contributed by atoms with Gasteiger partial charge in [0, 0.05) is 36.5 Å². The molecule has 1 aromatic carbocycles. The predicted octanol–water partition coefficient (Wildman–Crippen LogP) is 5.65. The molecular weight excluding hydrogens is 480 g/mol. The summed E-state index contributed by atoms with van der Waals surface area (Å²) in [7, 11) is 0. The Bertz CT molecular complexity index is 1380. The first-order valence-corrected chi connectivity index (χ1v) is 12.2. The molecule has 0 radical (unpaired) electrons. The van der Waals surface area contributed by atoms with E-state index >= 15 is 0 Å². The summed E-state index contributed by atoms with van der Waals surface area (Å²) >= 11 is 1.53. The lowest BCUT2D eigenvalue weighted by molar-refractivity contribution is -0.137. The average molecular weight is 503 g/mol. The molecule has 2 aliphatic rings. The van der Waals surface area contributed by atoms with Gasteiger partial charge in [0.1, 0.15) is 10.8 Å². The van der Waals surface area contributed by atoms with Crippen LogP contribution in [0.15, 0.2) is 42.6 Å². The highest BCUT2D eigenvalue weighted by Gasteiger charge is 2.43. The number of hydrogen-bond acceptors (Lipinski definition) is 6. The Morgan fingerprint density at radius 2 is 1.83 bits per heavy atom. The number of benzene rings is 1. The molecule has 2 bridgehead atoms. The third-order valence-corrected chi connectivity index (χ3v) is 7.95. The molecule has 0 amide bonds. The van der Waals surface area contributed by atoms with Crippen molar-refractivity contribution in [2.24, 2.45) is 11.8 Å². The Kier molecular flexibility index (Phi) is 5.21. The van der Waals surface area contributed by atoms with E-state index in [1.807, 2.05) is 6.92 Å². The monoisotopic (exact) mass is 502 g/mol. The van der Waals surface area contributed by atoms with Gasteiger partial charge in [-0.1, -0.05) is 6.07 Å². The summed E-state index contributed by atoms with van der Waals surface area (Å²) in [6.45, 7) is 3.87. The molecule has 1 saturated heterocycles. The summed E-state index contributed by atoms with van der Waals surface area (Å²) in [5, 5.41) is 9.24. The Hall–Kier alpha value is -3.21. The summed E-state index contributed by atoms with van der Waals surface area (Å²) in [4.78, 5) is 7.01. The number of pyridine rings is 1. The summed E-state index contributed by atoms with van der Waals surface area (Å²) in [5.41, 5.74) is 0.837. The second kappa shape index (κ2) is 8.18. The molecule has 35 heavy (non-hydrogen) atoms. The number of piperidine rings is 1. The number of anilines is 2. The summed E-state index contributed by atoms with van der Waals surface area (Å²) in [6, 6.07) is 8.22. The quantitative estimate of drug-likeness (QED) is 0.366. The predicted molar refractivity (Wildman–Crippen MR) is 126 cm³/mol. The van der Waals surface area contributed by atoms with Crippen molar-refractivity contribution in [2.45, 2.75) is 32.0 Å². The largest absolute Gasteiger partial charge is 0.416 e. The fourth-order valence-electron chi connectivity index (χ4n) is 5.37. The van der Waals surface area contributed by atoms with E-state index in [1.54, 1.807) is 18.3 Å². The topological polar surface area (TPSA) is 58.4 Å². The van der Waals surface area contributed by atoms with Crippen molar-refractivity contribution < 1.29 is 17.6 Å². The van der Waals surface area contributed by atoms with E-state index in [1.165, 1.54) is 21.0 Å². The van der Waals surface area contributed by atoms with Crippen LogP contribution in [0.2, 0.25) is 0 Å². The number of nitrogens with zero attached hydrogens (tertiary/aromatic N) is 5. The highest BCUT2D eigenvalue weighted by molar-refractivity contribution is 7.10. The van der Waals surface area contributed by atoms with Crippen molar-refractivity contribution in [3.8, 4) is 11.1 Å². The van der Waals surface area contributed by atoms with E-state index in [2.05, 4.69) is 30.7 Å². The fourth-order valence-corrected chi connectivity index (χ4v) is 6.15. The van der Waals surface area contributed by atoms with Gasteiger partial charge in [0.05, 0.1) is 11.3 Å². The molecule has 4 aromatic rings. The first-order chi connectivity index (χ1) is 16.8. The minimum atomic E-state index is -4.61. The molecule has 1 saturated carbocycles. The van der Waals surface area contributed by atoms with Crippen LogP contribution in [0.5, 0.6) is 0 Å². The minimum Gasteiger partial charge on any atom is -0.361 e. The van der Waals surface area contributed by atoms with Gasteiger partial charge in [0.25, 0.3) is 0 Å². The maximum atomic E-state index is 14.7. The number of aromatic nitrogens is 4. The molecule has 0 spiro atoms. The van der Waals surface area contributed by atoms with Crippen molar-refractivity contribution in [3.63, 3.8) is 0 Å².